The Balaban J connectivity index is 1.80. The highest BCUT2D eigenvalue weighted by Crippen LogP contribution is 2.26. The Morgan fingerprint density at radius 2 is 1.48 bits per heavy atom. The molecular formula is C17H29NO3. The van der Waals surface area contributed by atoms with Gasteiger partial charge in [-0.15, -0.1) is 0 Å². The molecule has 0 radical (unpaired) electrons. The van der Waals surface area contributed by atoms with Gasteiger partial charge < -0.3 is 9.64 Å². The van der Waals surface area contributed by atoms with Crippen LogP contribution in [0.1, 0.15) is 64.7 Å². The molecule has 4 heteroatoms. The average molecular weight is 295 g/mol. The van der Waals surface area contributed by atoms with Gasteiger partial charge in [-0.25, -0.2) is 0 Å². The highest BCUT2D eigenvalue weighted by Gasteiger charge is 2.31. The van der Waals surface area contributed by atoms with Crippen LogP contribution in [0.5, 0.6) is 0 Å². The van der Waals surface area contributed by atoms with E-state index in [-0.39, 0.29) is 17.8 Å². The molecule has 0 unspecified atom stereocenters. The van der Waals surface area contributed by atoms with Crippen molar-refractivity contribution in [2.24, 2.45) is 11.8 Å². The van der Waals surface area contributed by atoms with Gasteiger partial charge in [0, 0.05) is 19.0 Å². The van der Waals surface area contributed by atoms with Crippen LogP contribution in [0.2, 0.25) is 0 Å². The zero-order valence-electron chi connectivity index (χ0n) is 13.3. The van der Waals surface area contributed by atoms with Crippen LogP contribution in [0.25, 0.3) is 0 Å². The number of hydrogen-bond acceptors (Lipinski definition) is 3. The number of piperidine rings is 1. The highest BCUT2D eigenvalue weighted by atomic mass is 16.5. The van der Waals surface area contributed by atoms with E-state index in [1.165, 1.54) is 32.1 Å². The summed E-state index contributed by atoms with van der Waals surface area (Å²) in [5.41, 5.74) is 0. The fourth-order valence-electron chi connectivity index (χ4n) is 3.56. The summed E-state index contributed by atoms with van der Waals surface area (Å²) in [6.07, 6.45) is 9.88. The molecule has 1 heterocycles. The maximum absolute atomic E-state index is 12.6. The number of carbonyl (C=O) groups excluding carboxylic acids is 2. The fourth-order valence-corrected chi connectivity index (χ4v) is 3.56. The number of esters is 1. The Labute approximate surface area is 128 Å². The van der Waals surface area contributed by atoms with Crippen LogP contribution < -0.4 is 0 Å². The van der Waals surface area contributed by atoms with Gasteiger partial charge in [-0.05, 0) is 32.6 Å². The molecular weight excluding hydrogens is 266 g/mol. The second kappa shape index (κ2) is 8.40. The van der Waals surface area contributed by atoms with E-state index < -0.39 is 0 Å². The largest absolute Gasteiger partial charge is 0.466 e. The van der Waals surface area contributed by atoms with Crippen molar-refractivity contribution in [2.75, 3.05) is 19.7 Å². The Morgan fingerprint density at radius 1 is 0.905 bits per heavy atom. The van der Waals surface area contributed by atoms with Crippen LogP contribution in [0.15, 0.2) is 0 Å². The summed E-state index contributed by atoms with van der Waals surface area (Å²) < 4.78 is 5.08. The lowest BCUT2D eigenvalue weighted by molar-refractivity contribution is -0.151. The molecule has 2 fully saturated rings. The molecule has 2 aliphatic rings. The second-order valence-corrected chi connectivity index (χ2v) is 6.39. The van der Waals surface area contributed by atoms with Crippen LogP contribution in [0, 0.1) is 11.8 Å². The minimum Gasteiger partial charge on any atom is -0.466 e. The second-order valence-electron chi connectivity index (χ2n) is 6.39. The zero-order valence-corrected chi connectivity index (χ0v) is 13.3. The molecule has 21 heavy (non-hydrogen) atoms. The summed E-state index contributed by atoms with van der Waals surface area (Å²) in [6, 6.07) is 0. The summed E-state index contributed by atoms with van der Waals surface area (Å²) in [5, 5.41) is 0. The molecule has 1 aliphatic carbocycles. The lowest BCUT2D eigenvalue weighted by Crippen LogP contribution is -2.43. The SMILES string of the molecule is CCOC(=O)C1CCN(C(=O)C2CCCCCCC2)CC1. The summed E-state index contributed by atoms with van der Waals surface area (Å²) in [5.74, 6) is 0.463. The zero-order chi connectivity index (χ0) is 15.1. The molecule has 0 atom stereocenters. The molecule has 4 nitrogen and oxygen atoms in total. The van der Waals surface area contributed by atoms with E-state index in [9.17, 15) is 9.59 Å². The van der Waals surface area contributed by atoms with Crippen LogP contribution in [0.3, 0.4) is 0 Å². The quantitative estimate of drug-likeness (QED) is 0.751. The van der Waals surface area contributed by atoms with Gasteiger partial charge in [-0.3, -0.25) is 9.59 Å². The lowest BCUT2D eigenvalue weighted by atomic mass is 9.89. The Morgan fingerprint density at radius 3 is 2.05 bits per heavy atom. The van der Waals surface area contributed by atoms with Crippen LogP contribution >= 0.6 is 0 Å². The summed E-state index contributed by atoms with van der Waals surface area (Å²) in [4.78, 5) is 26.4. The molecule has 1 amide bonds. The molecule has 0 spiro atoms. The van der Waals surface area contributed by atoms with Gasteiger partial charge >= 0.3 is 5.97 Å². The first-order chi connectivity index (χ1) is 10.2. The molecule has 2 rings (SSSR count). The van der Waals surface area contributed by atoms with Crippen LogP contribution in [-0.2, 0) is 14.3 Å². The summed E-state index contributed by atoms with van der Waals surface area (Å²) in [7, 11) is 0. The predicted molar refractivity (Wildman–Crippen MR) is 81.7 cm³/mol. The van der Waals surface area contributed by atoms with Crippen molar-refractivity contribution < 1.29 is 14.3 Å². The van der Waals surface area contributed by atoms with E-state index in [2.05, 4.69) is 0 Å². The minimum absolute atomic E-state index is 0.00802. The first-order valence-electron chi connectivity index (χ1n) is 8.67. The number of likely N-dealkylation sites (tertiary alicyclic amines) is 1. The molecule has 1 saturated carbocycles. The molecule has 1 saturated heterocycles. The van der Waals surface area contributed by atoms with Crippen molar-refractivity contribution in [3.05, 3.63) is 0 Å². The van der Waals surface area contributed by atoms with Crippen molar-refractivity contribution in [3.63, 3.8) is 0 Å². The third kappa shape index (κ3) is 4.72. The molecule has 0 bridgehead atoms. The molecule has 1 aliphatic heterocycles. The van der Waals surface area contributed by atoms with Gasteiger partial charge in [-0.2, -0.15) is 0 Å². The van der Waals surface area contributed by atoms with E-state index >= 15 is 0 Å². The van der Waals surface area contributed by atoms with E-state index in [1.54, 1.807) is 0 Å². The third-order valence-electron chi connectivity index (χ3n) is 4.88. The van der Waals surface area contributed by atoms with Crippen LogP contribution in [0.4, 0.5) is 0 Å². The predicted octanol–water partition coefficient (Wildman–Crippen LogP) is 3.15. The number of ether oxygens (including phenoxy) is 1. The molecule has 0 N–H and O–H groups in total. The Hall–Kier alpha value is -1.06. The normalized spacial score (nSPS) is 22.4. The van der Waals surface area contributed by atoms with Gasteiger partial charge in [0.05, 0.1) is 12.5 Å². The molecule has 0 aromatic rings. The number of nitrogens with zero attached hydrogens (tertiary/aromatic N) is 1. The van der Waals surface area contributed by atoms with Gasteiger partial charge in [0.25, 0.3) is 0 Å². The third-order valence-corrected chi connectivity index (χ3v) is 4.88. The Bertz CT molecular complexity index is 340. The van der Waals surface area contributed by atoms with Crippen molar-refractivity contribution in [2.45, 2.75) is 64.7 Å². The Kier molecular flexibility index (Phi) is 6.52. The number of hydrogen-bond donors (Lipinski definition) is 0. The van der Waals surface area contributed by atoms with Gasteiger partial charge in [-0.1, -0.05) is 32.1 Å². The molecule has 0 aromatic heterocycles. The summed E-state index contributed by atoms with van der Waals surface area (Å²) in [6.45, 7) is 3.73. The van der Waals surface area contributed by atoms with Crippen molar-refractivity contribution in [3.8, 4) is 0 Å². The number of carbonyl (C=O) groups is 2. The first kappa shape index (κ1) is 16.3. The van der Waals surface area contributed by atoms with Crippen LogP contribution in [-0.4, -0.2) is 36.5 Å². The van der Waals surface area contributed by atoms with E-state index in [0.717, 1.165) is 38.8 Å². The van der Waals surface area contributed by atoms with Crippen molar-refractivity contribution in [1.82, 2.24) is 4.90 Å². The standard InChI is InChI=1S/C17H29NO3/c1-2-21-17(20)15-10-12-18(13-11-15)16(19)14-8-6-4-3-5-7-9-14/h14-15H,2-13H2,1H3. The molecule has 120 valence electrons. The topological polar surface area (TPSA) is 46.6 Å². The van der Waals surface area contributed by atoms with Gasteiger partial charge in [0.15, 0.2) is 0 Å². The molecule has 0 aromatic carbocycles. The number of rotatable bonds is 3. The van der Waals surface area contributed by atoms with Crippen molar-refractivity contribution in [1.29, 1.82) is 0 Å². The number of amides is 1. The average Bonchev–Trinajstić information content (AvgIpc) is 2.47. The van der Waals surface area contributed by atoms with E-state index in [0.29, 0.717) is 12.5 Å². The van der Waals surface area contributed by atoms with E-state index in [4.69, 9.17) is 4.74 Å². The monoisotopic (exact) mass is 295 g/mol. The maximum Gasteiger partial charge on any atom is 0.309 e. The lowest BCUT2D eigenvalue weighted by Gasteiger charge is -2.33. The van der Waals surface area contributed by atoms with Crippen molar-refractivity contribution >= 4 is 11.9 Å². The van der Waals surface area contributed by atoms with E-state index in [1.807, 2.05) is 11.8 Å². The fraction of sp³-hybridized carbons (Fsp3) is 0.882. The smallest absolute Gasteiger partial charge is 0.309 e. The maximum atomic E-state index is 12.6. The highest BCUT2D eigenvalue weighted by molar-refractivity contribution is 5.79. The van der Waals surface area contributed by atoms with Gasteiger partial charge in [0.2, 0.25) is 5.91 Å². The summed E-state index contributed by atoms with van der Waals surface area (Å²) >= 11 is 0. The minimum atomic E-state index is -0.0875. The van der Waals surface area contributed by atoms with Gasteiger partial charge in [0.1, 0.15) is 0 Å². The first-order valence-corrected chi connectivity index (χ1v) is 8.67.